The van der Waals surface area contributed by atoms with Crippen LogP contribution in [-0.4, -0.2) is 46.3 Å². The highest BCUT2D eigenvalue weighted by Gasteiger charge is 2.37. The Labute approximate surface area is 132 Å². The third-order valence-corrected chi connectivity index (χ3v) is 4.61. The Morgan fingerprint density at radius 1 is 1.36 bits per heavy atom. The van der Waals surface area contributed by atoms with Crippen molar-refractivity contribution in [3.8, 4) is 0 Å². The van der Waals surface area contributed by atoms with Crippen LogP contribution in [0.15, 0.2) is 24.3 Å². The van der Waals surface area contributed by atoms with E-state index in [1.54, 1.807) is 23.9 Å². The fourth-order valence-corrected chi connectivity index (χ4v) is 3.34. The average Bonchev–Trinajstić information content (AvgIpc) is 2.87. The van der Waals surface area contributed by atoms with Gasteiger partial charge in [-0.3, -0.25) is 4.79 Å². The van der Waals surface area contributed by atoms with Gasteiger partial charge in [0.15, 0.2) is 0 Å². The second kappa shape index (κ2) is 7.60. The number of halogens is 1. The van der Waals surface area contributed by atoms with Gasteiger partial charge in [0.1, 0.15) is 11.9 Å². The van der Waals surface area contributed by atoms with Gasteiger partial charge in [0.05, 0.1) is 0 Å². The van der Waals surface area contributed by atoms with Gasteiger partial charge in [-0.2, -0.15) is 11.8 Å². The van der Waals surface area contributed by atoms with E-state index < -0.39 is 12.0 Å². The summed E-state index contributed by atoms with van der Waals surface area (Å²) in [5.41, 5.74) is 6.73. The molecule has 1 amide bonds. The molecule has 1 aliphatic rings. The molecular weight excluding hydrogens is 307 g/mol. The Morgan fingerprint density at radius 2 is 2.05 bits per heavy atom. The van der Waals surface area contributed by atoms with Crippen LogP contribution in [0.4, 0.5) is 4.39 Å². The summed E-state index contributed by atoms with van der Waals surface area (Å²) in [6, 6.07) is 5.17. The zero-order valence-electron chi connectivity index (χ0n) is 12.1. The average molecular weight is 326 g/mol. The molecule has 2 rings (SSSR count). The zero-order chi connectivity index (χ0) is 16.1. The third kappa shape index (κ3) is 4.45. The van der Waals surface area contributed by atoms with Gasteiger partial charge in [-0.05, 0) is 24.1 Å². The fourth-order valence-electron chi connectivity index (χ4n) is 2.45. The lowest BCUT2D eigenvalue weighted by Gasteiger charge is -2.21. The van der Waals surface area contributed by atoms with E-state index in [1.807, 2.05) is 0 Å². The number of hydrogen-bond donors (Lipinski definition) is 2. The minimum absolute atomic E-state index is 0.174. The first-order valence-corrected chi connectivity index (χ1v) is 8.23. The van der Waals surface area contributed by atoms with E-state index in [0.29, 0.717) is 24.5 Å². The second-order valence-electron chi connectivity index (χ2n) is 5.32. The second-order valence-corrected chi connectivity index (χ2v) is 6.43. The lowest BCUT2D eigenvalue weighted by Crippen LogP contribution is -2.40. The van der Waals surface area contributed by atoms with E-state index in [1.165, 1.54) is 17.0 Å². The lowest BCUT2D eigenvalue weighted by molar-refractivity contribution is -0.148. The van der Waals surface area contributed by atoms with Crippen LogP contribution < -0.4 is 5.73 Å². The molecule has 5 nitrogen and oxygen atoms in total. The summed E-state index contributed by atoms with van der Waals surface area (Å²) in [6.07, 6.45) is 0.589. The van der Waals surface area contributed by atoms with Crippen molar-refractivity contribution in [3.05, 3.63) is 35.6 Å². The molecule has 1 aliphatic heterocycles. The number of thioether (sulfide) groups is 1. The third-order valence-electron chi connectivity index (χ3n) is 3.58. The molecule has 0 bridgehead atoms. The molecule has 3 N–H and O–H groups in total. The van der Waals surface area contributed by atoms with E-state index in [2.05, 4.69) is 0 Å². The molecule has 120 valence electrons. The molecule has 0 aromatic heterocycles. The first-order valence-electron chi connectivity index (χ1n) is 7.07. The Hall–Kier alpha value is -1.60. The van der Waals surface area contributed by atoms with Crippen LogP contribution >= 0.6 is 11.8 Å². The van der Waals surface area contributed by atoms with Gasteiger partial charge in [-0.15, -0.1) is 0 Å². The molecule has 0 aliphatic carbocycles. The highest BCUT2D eigenvalue weighted by molar-refractivity contribution is 7.98. The molecule has 2 atom stereocenters. The summed E-state index contributed by atoms with van der Waals surface area (Å²) >= 11 is 1.56. The fraction of sp³-hybridized carbons (Fsp3) is 0.467. The first kappa shape index (κ1) is 16.8. The largest absolute Gasteiger partial charge is 0.480 e. The maximum Gasteiger partial charge on any atom is 0.326 e. The molecule has 0 unspecified atom stereocenters. The molecule has 1 fully saturated rings. The topological polar surface area (TPSA) is 83.6 Å². The predicted molar refractivity (Wildman–Crippen MR) is 82.9 cm³/mol. The molecule has 0 radical (unpaired) electrons. The summed E-state index contributed by atoms with van der Waals surface area (Å²) in [7, 11) is 0. The van der Waals surface area contributed by atoms with Crippen molar-refractivity contribution in [1.82, 2.24) is 4.90 Å². The highest BCUT2D eigenvalue weighted by Crippen LogP contribution is 2.20. The predicted octanol–water partition coefficient (Wildman–Crippen LogP) is 1.46. The minimum Gasteiger partial charge on any atom is -0.480 e. The highest BCUT2D eigenvalue weighted by atomic mass is 32.2. The number of rotatable bonds is 6. The lowest BCUT2D eigenvalue weighted by atomic mass is 10.2. The van der Waals surface area contributed by atoms with Gasteiger partial charge in [0, 0.05) is 30.5 Å². The molecule has 0 saturated carbocycles. The Bertz CT molecular complexity index is 538. The number of nitrogens with two attached hydrogens (primary N) is 1. The number of nitrogens with zero attached hydrogens (tertiary/aromatic N) is 1. The Balaban J connectivity index is 1.75. The molecule has 22 heavy (non-hydrogen) atoms. The number of carbonyl (C=O) groups excluding carboxylic acids is 1. The van der Waals surface area contributed by atoms with Crippen molar-refractivity contribution >= 4 is 23.6 Å². The van der Waals surface area contributed by atoms with Crippen molar-refractivity contribution in [3.63, 3.8) is 0 Å². The van der Waals surface area contributed by atoms with Crippen molar-refractivity contribution in [1.29, 1.82) is 0 Å². The number of likely N-dealkylation sites (tertiary alicyclic amines) is 1. The number of amides is 1. The van der Waals surface area contributed by atoms with E-state index in [9.17, 15) is 14.0 Å². The minimum atomic E-state index is -1.000. The quantitative estimate of drug-likeness (QED) is 0.773. The normalized spacial score (nSPS) is 21.1. The molecule has 1 saturated heterocycles. The van der Waals surface area contributed by atoms with Crippen molar-refractivity contribution in [2.24, 2.45) is 5.73 Å². The van der Waals surface area contributed by atoms with Crippen LogP contribution in [0.2, 0.25) is 0 Å². The molecular formula is C15H19FN2O3S. The van der Waals surface area contributed by atoms with Crippen molar-refractivity contribution < 1.29 is 19.1 Å². The molecule has 7 heteroatoms. The standard InChI is InChI=1S/C15H19FN2O3S/c16-11-3-1-10(2-4-11)9-22-6-5-14(19)18-8-12(17)7-13(18)15(20)21/h1-4,12-13H,5-9,17H2,(H,20,21)/t12-,13-/m0/s1. The number of hydrogen-bond acceptors (Lipinski definition) is 4. The summed E-state index contributed by atoms with van der Waals surface area (Å²) in [4.78, 5) is 24.6. The number of carboxylic acid groups (broad SMARTS) is 1. The molecule has 1 aromatic carbocycles. The van der Waals surface area contributed by atoms with E-state index in [0.717, 1.165) is 5.56 Å². The van der Waals surface area contributed by atoms with Crippen LogP contribution in [0.1, 0.15) is 18.4 Å². The van der Waals surface area contributed by atoms with Crippen LogP contribution in [0.5, 0.6) is 0 Å². The van der Waals surface area contributed by atoms with Crippen LogP contribution in [0.3, 0.4) is 0 Å². The Morgan fingerprint density at radius 3 is 2.68 bits per heavy atom. The molecule has 1 heterocycles. The number of carboxylic acids is 1. The van der Waals surface area contributed by atoms with Gasteiger partial charge in [0.25, 0.3) is 0 Å². The van der Waals surface area contributed by atoms with Gasteiger partial charge in [-0.1, -0.05) is 12.1 Å². The van der Waals surface area contributed by atoms with Crippen LogP contribution in [0.25, 0.3) is 0 Å². The van der Waals surface area contributed by atoms with Gasteiger partial charge in [0.2, 0.25) is 5.91 Å². The van der Waals surface area contributed by atoms with E-state index in [-0.39, 0.29) is 24.2 Å². The molecule has 1 aromatic rings. The maximum absolute atomic E-state index is 12.8. The van der Waals surface area contributed by atoms with Crippen molar-refractivity contribution in [2.75, 3.05) is 12.3 Å². The maximum atomic E-state index is 12.8. The Kier molecular flexibility index (Phi) is 5.79. The monoisotopic (exact) mass is 326 g/mol. The number of benzene rings is 1. The van der Waals surface area contributed by atoms with Gasteiger partial charge < -0.3 is 15.7 Å². The number of aliphatic carboxylic acids is 1. The molecule has 0 spiro atoms. The van der Waals surface area contributed by atoms with E-state index in [4.69, 9.17) is 10.8 Å². The van der Waals surface area contributed by atoms with Crippen LogP contribution in [0, 0.1) is 5.82 Å². The van der Waals surface area contributed by atoms with Crippen LogP contribution in [-0.2, 0) is 15.3 Å². The smallest absolute Gasteiger partial charge is 0.326 e. The summed E-state index contributed by atoms with van der Waals surface area (Å²) in [5.74, 6) is -0.162. The summed E-state index contributed by atoms with van der Waals surface area (Å²) in [5, 5.41) is 9.11. The number of carbonyl (C=O) groups is 2. The first-order chi connectivity index (χ1) is 10.5. The van der Waals surface area contributed by atoms with E-state index >= 15 is 0 Å². The van der Waals surface area contributed by atoms with Crippen molar-refractivity contribution in [2.45, 2.75) is 30.7 Å². The SMILES string of the molecule is N[C@H]1C[C@@H](C(=O)O)N(C(=O)CCSCc2ccc(F)cc2)C1. The summed E-state index contributed by atoms with van der Waals surface area (Å²) < 4.78 is 12.8. The summed E-state index contributed by atoms with van der Waals surface area (Å²) in [6.45, 7) is 0.304. The van der Waals surface area contributed by atoms with Gasteiger partial charge in [-0.25, -0.2) is 9.18 Å². The zero-order valence-corrected chi connectivity index (χ0v) is 12.9. The van der Waals surface area contributed by atoms with Gasteiger partial charge >= 0.3 is 5.97 Å².